The summed E-state index contributed by atoms with van der Waals surface area (Å²) in [7, 11) is 3.20. The van der Waals surface area contributed by atoms with E-state index in [-0.39, 0.29) is 24.9 Å². The molecule has 1 aromatic carbocycles. The van der Waals surface area contributed by atoms with Gasteiger partial charge < -0.3 is 15.5 Å². The molecule has 1 aromatic rings. The van der Waals surface area contributed by atoms with Gasteiger partial charge in [-0.05, 0) is 24.3 Å². The van der Waals surface area contributed by atoms with Crippen LogP contribution in [0.4, 0.5) is 0 Å². The Morgan fingerprint density at radius 1 is 1.05 bits per heavy atom. The van der Waals surface area contributed by atoms with Gasteiger partial charge >= 0.3 is 0 Å². The van der Waals surface area contributed by atoms with Crippen LogP contribution in [-0.2, 0) is 9.59 Å². The van der Waals surface area contributed by atoms with Gasteiger partial charge in [-0.2, -0.15) is 0 Å². The summed E-state index contributed by atoms with van der Waals surface area (Å²) in [4.78, 5) is 35.8. The molecule has 0 spiro atoms. The van der Waals surface area contributed by atoms with Crippen molar-refractivity contribution in [2.24, 2.45) is 0 Å². The second-order valence-corrected chi connectivity index (χ2v) is 5.17. The number of hydrogen-bond donors (Lipinski definition) is 2. The molecule has 6 nitrogen and oxygen atoms in total. The molecule has 7 heteroatoms. The molecule has 108 valence electrons. The Labute approximate surface area is 125 Å². The molecule has 2 N–H and O–H groups in total. The van der Waals surface area contributed by atoms with Crippen LogP contribution >= 0.6 is 15.9 Å². The molecule has 0 aromatic heterocycles. The third kappa shape index (κ3) is 5.40. The van der Waals surface area contributed by atoms with E-state index < -0.39 is 5.91 Å². The molecule has 0 fully saturated rings. The number of halogens is 1. The molecular weight excluding hydrogens is 326 g/mol. The molecular formula is C13H16BrN3O3. The van der Waals surface area contributed by atoms with Gasteiger partial charge in [0.05, 0.1) is 13.1 Å². The first-order valence-corrected chi connectivity index (χ1v) is 6.70. The Kier molecular flexibility index (Phi) is 6.17. The summed E-state index contributed by atoms with van der Waals surface area (Å²) in [5.41, 5.74) is 0.463. The van der Waals surface area contributed by atoms with E-state index in [1.54, 1.807) is 38.4 Å². The molecule has 0 atom stereocenters. The van der Waals surface area contributed by atoms with Crippen molar-refractivity contribution in [3.8, 4) is 0 Å². The lowest BCUT2D eigenvalue weighted by molar-refractivity contribution is -0.130. The van der Waals surface area contributed by atoms with Crippen LogP contribution in [0.1, 0.15) is 10.4 Å². The summed E-state index contributed by atoms with van der Waals surface area (Å²) in [6.45, 7) is -0.254. The summed E-state index contributed by atoms with van der Waals surface area (Å²) < 4.78 is 0.869. The van der Waals surface area contributed by atoms with E-state index in [9.17, 15) is 14.4 Å². The average molecular weight is 342 g/mol. The summed E-state index contributed by atoms with van der Waals surface area (Å²) in [5, 5.41) is 4.91. The summed E-state index contributed by atoms with van der Waals surface area (Å²) >= 11 is 3.27. The molecule has 20 heavy (non-hydrogen) atoms. The minimum atomic E-state index is -0.411. The first-order valence-electron chi connectivity index (χ1n) is 5.90. The molecule has 0 saturated heterocycles. The van der Waals surface area contributed by atoms with E-state index in [0.29, 0.717) is 5.56 Å². The summed E-state index contributed by atoms with van der Waals surface area (Å²) in [5.74, 6) is -0.963. The normalized spacial score (nSPS) is 9.75. The molecule has 0 aliphatic carbocycles. The highest BCUT2D eigenvalue weighted by atomic mass is 79.9. The van der Waals surface area contributed by atoms with E-state index in [4.69, 9.17) is 0 Å². The van der Waals surface area contributed by atoms with Gasteiger partial charge in [-0.1, -0.05) is 15.9 Å². The molecule has 0 unspecified atom stereocenters. The zero-order valence-corrected chi connectivity index (χ0v) is 12.9. The van der Waals surface area contributed by atoms with Crippen LogP contribution in [-0.4, -0.2) is 49.8 Å². The second-order valence-electron chi connectivity index (χ2n) is 4.25. The standard InChI is InChI=1S/C13H16BrN3O3/c1-17(2)12(19)8-15-11(18)7-16-13(20)9-3-5-10(14)6-4-9/h3-6H,7-8H2,1-2H3,(H,15,18)(H,16,20). The molecule has 1 rings (SSSR count). The highest BCUT2D eigenvalue weighted by molar-refractivity contribution is 9.10. The van der Waals surface area contributed by atoms with Crippen LogP contribution in [0.3, 0.4) is 0 Å². The molecule has 0 bridgehead atoms. The maximum Gasteiger partial charge on any atom is 0.251 e. The Bertz CT molecular complexity index is 500. The predicted molar refractivity (Wildman–Crippen MR) is 78.2 cm³/mol. The molecule has 0 aliphatic heterocycles. The highest BCUT2D eigenvalue weighted by Crippen LogP contribution is 2.10. The minimum Gasteiger partial charge on any atom is -0.347 e. The molecule has 0 radical (unpaired) electrons. The smallest absolute Gasteiger partial charge is 0.251 e. The Hall–Kier alpha value is -1.89. The molecule has 0 saturated carbocycles. The van der Waals surface area contributed by atoms with Gasteiger partial charge in [0.2, 0.25) is 11.8 Å². The lowest BCUT2D eigenvalue weighted by atomic mass is 10.2. The van der Waals surface area contributed by atoms with Crippen molar-refractivity contribution in [1.29, 1.82) is 0 Å². The summed E-state index contributed by atoms with van der Waals surface area (Å²) in [6.07, 6.45) is 0. The Morgan fingerprint density at radius 2 is 1.65 bits per heavy atom. The van der Waals surface area contributed by atoms with Gasteiger partial charge in [0, 0.05) is 24.1 Å². The van der Waals surface area contributed by atoms with Crippen molar-refractivity contribution < 1.29 is 14.4 Å². The monoisotopic (exact) mass is 341 g/mol. The number of amides is 3. The fraction of sp³-hybridized carbons (Fsp3) is 0.308. The quantitative estimate of drug-likeness (QED) is 0.812. The van der Waals surface area contributed by atoms with E-state index in [1.165, 1.54) is 4.90 Å². The van der Waals surface area contributed by atoms with Gasteiger partial charge in [0.1, 0.15) is 0 Å². The SMILES string of the molecule is CN(C)C(=O)CNC(=O)CNC(=O)c1ccc(Br)cc1. The van der Waals surface area contributed by atoms with Gasteiger partial charge in [0.25, 0.3) is 5.91 Å². The third-order valence-corrected chi connectivity index (χ3v) is 2.98. The maximum atomic E-state index is 11.7. The number of likely N-dealkylation sites (N-methyl/N-ethyl adjacent to an activating group) is 1. The minimum absolute atomic E-state index is 0.0833. The first kappa shape index (κ1) is 16.2. The molecule has 0 aliphatic rings. The summed E-state index contributed by atoms with van der Waals surface area (Å²) in [6, 6.07) is 6.77. The zero-order chi connectivity index (χ0) is 15.1. The Morgan fingerprint density at radius 3 is 2.20 bits per heavy atom. The van der Waals surface area contributed by atoms with E-state index in [0.717, 1.165) is 4.47 Å². The van der Waals surface area contributed by atoms with E-state index >= 15 is 0 Å². The van der Waals surface area contributed by atoms with Gasteiger partial charge in [-0.15, -0.1) is 0 Å². The topological polar surface area (TPSA) is 78.5 Å². The van der Waals surface area contributed by atoms with Crippen LogP contribution in [0.15, 0.2) is 28.7 Å². The number of nitrogens with zero attached hydrogens (tertiary/aromatic N) is 1. The van der Waals surface area contributed by atoms with Crippen LogP contribution in [0.2, 0.25) is 0 Å². The lowest BCUT2D eigenvalue weighted by Gasteiger charge is -2.11. The van der Waals surface area contributed by atoms with E-state index in [2.05, 4.69) is 26.6 Å². The van der Waals surface area contributed by atoms with Crippen molar-refractivity contribution in [2.45, 2.75) is 0 Å². The van der Waals surface area contributed by atoms with Crippen LogP contribution < -0.4 is 10.6 Å². The predicted octanol–water partition coefficient (Wildman–Crippen LogP) is 0.383. The average Bonchev–Trinajstić information content (AvgIpc) is 2.42. The molecule has 0 heterocycles. The second kappa shape index (κ2) is 7.64. The van der Waals surface area contributed by atoms with Crippen LogP contribution in [0, 0.1) is 0 Å². The highest BCUT2D eigenvalue weighted by Gasteiger charge is 2.09. The van der Waals surface area contributed by atoms with Crippen molar-refractivity contribution in [3.05, 3.63) is 34.3 Å². The number of rotatable bonds is 5. The zero-order valence-electron chi connectivity index (χ0n) is 11.3. The molecule has 3 amide bonds. The van der Waals surface area contributed by atoms with Gasteiger partial charge in [-0.3, -0.25) is 14.4 Å². The lowest BCUT2D eigenvalue weighted by Crippen LogP contribution is -2.41. The van der Waals surface area contributed by atoms with Crippen LogP contribution in [0.5, 0.6) is 0 Å². The maximum absolute atomic E-state index is 11.7. The van der Waals surface area contributed by atoms with E-state index in [1.807, 2.05) is 0 Å². The van der Waals surface area contributed by atoms with Crippen molar-refractivity contribution in [3.63, 3.8) is 0 Å². The first-order chi connectivity index (χ1) is 9.40. The van der Waals surface area contributed by atoms with Crippen molar-refractivity contribution in [2.75, 3.05) is 27.2 Å². The number of carbonyl (C=O) groups is 3. The third-order valence-electron chi connectivity index (χ3n) is 2.45. The van der Waals surface area contributed by atoms with Gasteiger partial charge in [0.15, 0.2) is 0 Å². The number of hydrogen-bond acceptors (Lipinski definition) is 3. The number of benzene rings is 1. The largest absolute Gasteiger partial charge is 0.347 e. The number of nitrogens with one attached hydrogen (secondary N) is 2. The van der Waals surface area contributed by atoms with Crippen molar-refractivity contribution >= 4 is 33.7 Å². The van der Waals surface area contributed by atoms with Crippen molar-refractivity contribution in [1.82, 2.24) is 15.5 Å². The van der Waals surface area contributed by atoms with Crippen LogP contribution in [0.25, 0.3) is 0 Å². The fourth-order valence-electron chi connectivity index (χ4n) is 1.26. The fourth-order valence-corrected chi connectivity index (χ4v) is 1.52. The Balaban J connectivity index is 2.35. The number of carbonyl (C=O) groups excluding carboxylic acids is 3. The van der Waals surface area contributed by atoms with Gasteiger partial charge in [-0.25, -0.2) is 0 Å².